The third-order valence-electron chi connectivity index (χ3n) is 5.14. The Morgan fingerprint density at radius 1 is 0.667 bits per heavy atom. The van der Waals surface area contributed by atoms with Gasteiger partial charge in [-0.3, -0.25) is 9.59 Å². The van der Waals surface area contributed by atoms with Crippen molar-refractivity contribution in [2.45, 2.75) is 0 Å². The van der Waals surface area contributed by atoms with Crippen LogP contribution in [0.15, 0.2) is 76.7 Å². The van der Waals surface area contributed by atoms with Crippen LogP contribution in [0.2, 0.25) is 0 Å². The van der Waals surface area contributed by atoms with E-state index in [0.29, 0.717) is 5.69 Å². The molecule has 3 aliphatic rings. The molecule has 0 radical (unpaired) electrons. The number of fused-ring (bicyclic) bond motifs is 6. The number of para-hydroxylation sites is 1. The molecule has 2 amide bonds. The van der Waals surface area contributed by atoms with Gasteiger partial charge in [0.2, 0.25) is 0 Å². The Bertz CT molecular complexity index is 1450. The van der Waals surface area contributed by atoms with Gasteiger partial charge in [0, 0.05) is 33.7 Å². The lowest BCUT2D eigenvalue weighted by atomic mass is 9.99. The molecule has 5 heteroatoms. The molecule has 27 heavy (non-hydrogen) atoms. The van der Waals surface area contributed by atoms with Crippen LogP contribution in [-0.4, -0.2) is 11.8 Å². The zero-order valence-electron chi connectivity index (χ0n) is 14.0. The molecule has 0 N–H and O–H groups in total. The summed E-state index contributed by atoms with van der Waals surface area (Å²) in [7, 11) is 0. The standard InChI is InChI=1S/C22H11N3O2/c26-18-10-11-19(27)25(18)17-7-3-6-15-20(17)21-16(23-15)9-8-13-12-4-1-2-5-14(12)24-22(13)21/h1-11H. The van der Waals surface area contributed by atoms with Gasteiger partial charge in [-0.05, 0) is 30.3 Å². The minimum Gasteiger partial charge on any atom is -0.269 e. The van der Waals surface area contributed by atoms with E-state index in [1.807, 2.05) is 48.5 Å². The second-order valence-electron chi connectivity index (χ2n) is 6.61. The SMILES string of the molecule is O=C1C=CC(=O)N1c1cccc2c1-c1c3c(ccc1=N2)=c1ccccc1=N3. The highest BCUT2D eigenvalue weighted by Crippen LogP contribution is 2.45. The molecule has 0 aliphatic carbocycles. The number of hydrogen-bond donors (Lipinski definition) is 0. The Morgan fingerprint density at radius 2 is 1.48 bits per heavy atom. The summed E-state index contributed by atoms with van der Waals surface area (Å²) in [6.07, 6.45) is 2.59. The van der Waals surface area contributed by atoms with Gasteiger partial charge in [0.25, 0.3) is 11.8 Å². The van der Waals surface area contributed by atoms with Crippen molar-refractivity contribution in [3.63, 3.8) is 0 Å². The fourth-order valence-corrected chi connectivity index (χ4v) is 4.00. The van der Waals surface area contributed by atoms with Crippen LogP contribution in [0.5, 0.6) is 0 Å². The van der Waals surface area contributed by atoms with Crippen LogP contribution in [0.4, 0.5) is 17.1 Å². The Hall–Kier alpha value is -3.86. The van der Waals surface area contributed by atoms with Gasteiger partial charge < -0.3 is 0 Å². The summed E-state index contributed by atoms with van der Waals surface area (Å²) >= 11 is 0. The Balaban J connectivity index is 1.72. The predicted octanol–water partition coefficient (Wildman–Crippen LogP) is 2.60. The average molecular weight is 349 g/mol. The van der Waals surface area contributed by atoms with Crippen molar-refractivity contribution in [3.05, 3.63) is 87.9 Å². The number of amides is 2. The molecule has 0 unspecified atom stereocenters. The van der Waals surface area contributed by atoms with Gasteiger partial charge in [0.15, 0.2) is 0 Å². The highest BCUT2D eigenvalue weighted by atomic mass is 16.2. The molecule has 3 heterocycles. The van der Waals surface area contributed by atoms with Gasteiger partial charge in [0.1, 0.15) is 0 Å². The van der Waals surface area contributed by atoms with Gasteiger partial charge >= 0.3 is 0 Å². The molecule has 0 aromatic heterocycles. The predicted molar refractivity (Wildman–Crippen MR) is 99.3 cm³/mol. The number of imide groups is 1. The van der Waals surface area contributed by atoms with Gasteiger partial charge in [0.05, 0.1) is 27.8 Å². The van der Waals surface area contributed by atoms with E-state index in [0.717, 1.165) is 43.7 Å². The van der Waals surface area contributed by atoms with Crippen LogP contribution < -0.4 is 15.6 Å². The lowest BCUT2D eigenvalue weighted by Crippen LogP contribution is -2.30. The third-order valence-corrected chi connectivity index (χ3v) is 5.14. The molecule has 0 saturated heterocycles. The summed E-state index contributed by atoms with van der Waals surface area (Å²) in [4.78, 5) is 35.3. The number of hydrogen-bond acceptors (Lipinski definition) is 4. The molecule has 0 spiro atoms. The number of nitrogens with zero attached hydrogens (tertiary/aromatic N) is 3. The van der Waals surface area contributed by atoms with Crippen molar-refractivity contribution >= 4 is 28.9 Å². The molecule has 3 aliphatic heterocycles. The highest BCUT2D eigenvalue weighted by molar-refractivity contribution is 6.29. The number of carbonyl (C=O) groups is 2. The second kappa shape index (κ2) is 4.86. The molecule has 126 valence electrons. The van der Waals surface area contributed by atoms with Gasteiger partial charge in [-0.25, -0.2) is 14.9 Å². The van der Waals surface area contributed by atoms with E-state index in [2.05, 4.69) is 0 Å². The summed E-state index contributed by atoms with van der Waals surface area (Å²) in [5, 5.41) is 3.84. The molecule has 3 aromatic carbocycles. The van der Waals surface area contributed by atoms with Gasteiger partial charge in [-0.15, -0.1) is 0 Å². The van der Waals surface area contributed by atoms with E-state index in [1.165, 1.54) is 17.1 Å². The molecule has 0 saturated carbocycles. The van der Waals surface area contributed by atoms with E-state index >= 15 is 0 Å². The zero-order valence-corrected chi connectivity index (χ0v) is 14.0. The molecule has 6 rings (SSSR count). The molecule has 0 fully saturated rings. The Morgan fingerprint density at radius 3 is 2.33 bits per heavy atom. The van der Waals surface area contributed by atoms with Crippen molar-refractivity contribution in [1.29, 1.82) is 0 Å². The molecular formula is C22H11N3O2. The normalized spacial score (nSPS) is 15.2. The van der Waals surface area contributed by atoms with E-state index < -0.39 is 0 Å². The maximum atomic E-state index is 12.3. The lowest BCUT2D eigenvalue weighted by molar-refractivity contribution is -0.119. The minimum absolute atomic E-state index is 0.338. The number of rotatable bonds is 1. The van der Waals surface area contributed by atoms with Crippen molar-refractivity contribution in [2.75, 3.05) is 4.90 Å². The highest BCUT2D eigenvalue weighted by Gasteiger charge is 2.31. The van der Waals surface area contributed by atoms with Crippen LogP contribution in [0.3, 0.4) is 0 Å². The summed E-state index contributed by atoms with van der Waals surface area (Å²) in [6, 6.07) is 17.5. The van der Waals surface area contributed by atoms with E-state index in [9.17, 15) is 9.59 Å². The largest absolute Gasteiger partial charge is 0.269 e. The molecule has 5 nitrogen and oxygen atoms in total. The first-order valence-electron chi connectivity index (χ1n) is 8.62. The van der Waals surface area contributed by atoms with Crippen LogP contribution in [0.25, 0.3) is 11.1 Å². The Labute approximate surface area is 152 Å². The first-order valence-corrected chi connectivity index (χ1v) is 8.62. The van der Waals surface area contributed by atoms with Crippen LogP contribution in [0.1, 0.15) is 0 Å². The smallest absolute Gasteiger partial charge is 0.258 e. The fraction of sp³-hybridized carbons (Fsp3) is 0. The zero-order chi connectivity index (χ0) is 18.1. The molecule has 0 bridgehead atoms. The number of carbonyl (C=O) groups excluding carboxylic acids is 2. The van der Waals surface area contributed by atoms with Crippen molar-refractivity contribution in [3.8, 4) is 11.1 Å². The summed E-state index contributed by atoms with van der Waals surface area (Å²) in [6.45, 7) is 0. The van der Waals surface area contributed by atoms with Crippen LogP contribution in [-0.2, 0) is 9.59 Å². The van der Waals surface area contributed by atoms with Crippen molar-refractivity contribution in [1.82, 2.24) is 0 Å². The topological polar surface area (TPSA) is 62.1 Å². The molecular weight excluding hydrogens is 338 g/mol. The average Bonchev–Trinajstić information content (AvgIpc) is 3.34. The fourth-order valence-electron chi connectivity index (χ4n) is 4.00. The third kappa shape index (κ3) is 1.77. The minimum atomic E-state index is -0.338. The monoisotopic (exact) mass is 349 g/mol. The van der Waals surface area contributed by atoms with E-state index in [-0.39, 0.29) is 11.8 Å². The summed E-state index contributed by atoms with van der Waals surface area (Å²) < 4.78 is 0. The van der Waals surface area contributed by atoms with Gasteiger partial charge in [-0.2, -0.15) is 0 Å². The second-order valence-corrected chi connectivity index (χ2v) is 6.61. The van der Waals surface area contributed by atoms with Crippen LogP contribution in [0, 0.1) is 10.4 Å². The Kier molecular flexibility index (Phi) is 2.58. The maximum Gasteiger partial charge on any atom is 0.258 e. The van der Waals surface area contributed by atoms with Crippen molar-refractivity contribution in [2.24, 2.45) is 9.98 Å². The van der Waals surface area contributed by atoms with Crippen LogP contribution >= 0.6 is 0 Å². The molecule has 3 aromatic rings. The van der Waals surface area contributed by atoms with E-state index in [4.69, 9.17) is 9.98 Å². The van der Waals surface area contributed by atoms with Crippen molar-refractivity contribution < 1.29 is 9.59 Å². The van der Waals surface area contributed by atoms with E-state index in [1.54, 1.807) is 6.07 Å². The van der Waals surface area contributed by atoms with Gasteiger partial charge in [-0.1, -0.05) is 24.3 Å². The summed E-state index contributed by atoms with van der Waals surface area (Å²) in [5.74, 6) is -0.677. The molecule has 0 atom stereocenters. The summed E-state index contributed by atoms with van der Waals surface area (Å²) in [5.41, 5.74) is 3.80. The number of benzene rings is 3. The lowest BCUT2D eigenvalue weighted by Gasteiger charge is -2.18. The first-order chi connectivity index (χ1) is 13.2. The first kappa shape index (κ1) is 14.3. The number of anilines is 1. The maximum absolute atomic E-state index is 12.3. The quantitative estimate of drug-likeness (QED) is 0.437.